The first-order valence-corrected chi connectivity index (χ1v) is 8.49. The Kier molecular flexibility index (Phi) is 4.56. The molecule has 3 rings (SSSR count). The van der Waals surface area contributed by atoms with Crippen LogP contribution in [0.5, 0.6) is 5.75 Å². The minimum Gasteiger partial charge on any atom is -0.494 e. The van der Waals surface area contributed by atoms with Gasteiger partial charge in [-0.2, -0.15) is 0 Å². The van der Waals surface area contributed by atoms with Gasteiger partial charge >= 0.3 is 0 Å². The van der Waals surface area contributed by atoms with Crippen molar-refractivity contribution < 1.29 is 4.74 Å². The average Bonchev–Trinajstić information content (AvgIpc) is 2.53. The summed E-state index contributed by atoms with van der Waals surface area (Å²) in [7, 11) is 2.14. The Balaban J connectivity index is 1.82. The van der Waals surface area contributed by atoms with Crippen LogP contribution in [-0.2, 0) is 6.54 Å². The highest BCUT2D eigenvalue weighted by Crippen LogP contribution is 2.40. The van der Waals surface area contributed by atoms with E-state index in [0.29, 0.717) is 0 Å². The monoisotopic (exact) mass is 310 g/mol. The van der Waals surface area contributed by atoms with E-state index >= 15 is 0 Å². The van der Waals surface area contributed by atoms with Gasteiger partial charge in [-0.3, -0.25) is 4.98 Å². The largest absolute Gasteiger partial charge is 0.494 e. The van der Waals surface area contributed by atoms with Gasteiger partial charge in [0, 0.05) is 48.4 Å². The van der Waals surface area contributed by atoms with Crippen LogP contribution < -0.4 is 9.64 Å². The molecule has 1 aliphatic rings. The van der Waals surface area contributed by atoms with Gasteiger partial charge in [0.15, 0.2) is 0 Å². The fourth-order valence-electron chi connectivity index (χ4n) is 3.20. The highest BCUT2D eigenvalue weighted by atomic mass is 16.5. The smallest absolute Gasteiger partial charge is 0.121 e. The predicted molar refractivity (Wildman–Crippen MR) is 96.1 cm³/mol. The van der Waals surface area contributed by atoms with Crippen molar-refractivity contribution in [3.05, 3.63) is 41.7 Å². The zero-order chi connectivity index (χ0) is 16.4. The summed E-state index contributed by atoms with van der Waals surface area (Å²) in [6, 6.07) is 8.56. The quantitative estimate of drug-likeness (QED) is 0.740. The summed E-state index contributed by atoms with van der Waals surface area (Å²) in [5, 5.41) is 0. The second-order valence-electron chi connectivity index (χ2n) is 6.84. The Morgan fingerprint density at radius 3 is 2.83 bits per heavy atom. The topological polar surface area (TPSA) is 25.4 Å². The molecule has 0 amide bonds. The van der Waals surface area contributed by atoms with Crippen molar-refractivity contribution in [1.82, 2.24) is 4.98 Å². The number of rotatable bonds is 5. The highest BCUT2D eigenvalue weighted by Gasteiger charge is 2.21. The van der Waals surface area contributed by atoms with Crippen molar-refractivity contribution in [2.24, 2.45) is 5.92 Å². The van der Waals surface area contributed by atoms with Crippen LogP contribution in [0, 0.1) is 12.8 Å². The zero-order valence-electron chi connectivity index (χ0n) is 14.6. The Morgan fingerprint density at radius 2 is 2.04 bits per heavy atom. The lowest BCUT2D eigenvalue weighted by Crippen LogP contribution is -2.22. The summed E-state index contributed by atoms with van der Waals surface area (Å²) in [6.07, 6.45) is 4.22. The third-order valence-electron chi connectivity index (χ3n) is 4.53. The van der Waals surface area contributed by atoms with E-state index in [1.165, 1.54) is 28.8 Å². The molecule has 0 saturated carbocycles. The molecule has 3 nitrogen and oxygen atoms in total. The third kappa shape index (κ3) is 3.34. The van der Waals surface area contributed by atoms with Crippen molar-refractivity contribution in [3.63, 3.8) is 0 Å². The maximum absolute atomic E-state index is 5.94. The zero-order valence-corrected chi connectivity index (χ0v) is 14.6. The summed E-state index contributed by atoms with van der Waals surface area (Å²) in [5.41, 5.74) is 6.26. The summed E-state index contributed by atoms with van der Waals surface area (Å²) in [4.78, 5) is 6.72. The molecule has 23 heavy (non-hydrogen) atoms. The standard InChI is InChI=1S/C20H26N2O/c1-14(2)6-5-11-23-16-7-8-18-17-9-10-21-15(3)19(17)13-22(4)20(18)12-16/h7-10,12,14H,5-6,11,13H2,1-4H3. The van der Waals surface area contributed by atoms with Gasteiger partial charge < -0.3 is 9.64 Å². The average molecular weight is 310 g/mol. The molecule has 0 fully saturated rings. The second-order valence-corrected chi connectivity index (χ2v) is 6.84. The number of aromatic nitrogens is 1. The maximum Gasteiger partial charge on any atom is 0.121 e. The molecule has 0 N–H and O–H groups in total. The van der Waals surface area contributed by atoms with Crippen LogP contribution in [-0.4, -0.2) is 18.6 Å². The van der Waals surface area contributed by atoms with Crippen LogP contribution in [0.3, 0.4) is 0 Å². The number of ether oxygens (including phenoxy) is 1. The van der Waals surface area contributed by atoms with E-state index in [0.717, 1.165) is 36.9 Å². The molecule has 0 radical (unpaired) electrons. The van der Waals surface area contributed by atoms with Gasteiger partial charge in [0.2, 0.25) is 0 Å². The van der Waals surface area contributed by atoms with Gasteiger partial charge in [-0.25, -0.2) is 0 Å². The van der Waals surface area contributed by atoms with Crippen LogP contribution in [0.4, 0.5) is 5.69 Å². The van der Waals surface area contributed by atoms with E-state index in [9.17, 15) is 0 Å². The molecule has 1 aromatic heterocycles. The lowest BCUT2D eigenvalue weighted by molar-refractivity contribution is 0.298. The van der Waals surface area contributed by atoms with Crippen molar-refractivity contribution in [1.29, 1.82) is 0 Å². The van der Waals surface area contributed by atoms with E-state index in [-0.39, 0.29) is 0 Å². The lowest BCUT2D eigenvalue weighted by atomic mass is 9.93. The van der Waals surface area contributed by atoms with E-state index < -0.39 is 0 Å². The van der Waals surface area contributed by atoms with Crippen LogP contribution in [0.1, 0.15) is 37.9 Å². The Hall–Kier alpha value is -2.03. The van der Waals surface area contributed by atoms with Gasteiger partial charge in [-0.15, -0.1) is 0 Å². The first-order chi connectivity index (χ1) is 11.1. The molecule has 0 atom stereocenters. The number of benzene rings is 1. The van der Waals surface area contributed by atoms with E-state index in [1.807, 2.05) is 6.20 Å². The molecule has 0 spiro atoms. The molecule has 0 unspecified atom stereocenters. The second kappa shape index (κ2) is 6.61. The molecule has 2 heterocycles. The SMILES string of the molecule is Cc1nccc2c1CN(C)c1cc(OCCCC(C)C)ccc1-2. The van der Waals surface area contributed by atoms with Crippen LogP contribution >= 0.6 is 0 Å². The number of hydrogen-bond donors (Lipinski definition) is 0. The molecule has 0 saturated heterocycles. The third-order valence-corrected chi connectivity index (χ3v) is 4.53. The molecule has 122 valence electrons. The lowest BCUT2D eigenvalue weighted by Gasteiger charge is -2.30. The fourth-order valence-corrected chi connectivity index (χ4v) is 3.20. The van der Waals surface area contributed by atoms with Crippen LogP contribution in [0.2, 0.25) is 0 Å². The molecule has 1 aliphatic heterocycles. The summed E-state index contributed by atoms with van der Waals surface area (Å²) in [6.45, 7) is 8.28. The van der Waals surface area contributed by atoms with Gasteiger partial charge in [0.05, 0.1) is 6.61 Å². The highest BCUT2D eigenvalue weighted by molar-refractivity contribution is 5.84. The summed E-state index contributed by atoms with van der Waals surface area (Å²) in [5.74, 6) is 1.70. The Bertz CT molecular complexity index is 694. The number of fused-ring (bicyclic) bond motifs is 3. The summed E-state index contributed by atoms with van der Waals surface area (Å²) >= 11 is 0. The first-order valence-electron chi connectivity index (χ1n) is 8.49. The minimum absolute atomic E-state index is 0.738. The van der Waals surface area contributed by atoms with Crippen molar-refractivity contribution in [2.45, 2.75) is 40.2 Å². The van der Waals surface area contributed by atoms with E-state index in [4.69, 9.17) is 4.74 Å². The van der Waals surface area contributed by atoms with E-state index in [1.54, 1.807) is 0 Å². The van der Waals surface area contributed by atoms with E-state index in [2.05, 4.69) is 62.0 Å². The number of pyridine rings is 1. The van der Waals surface area contributed by atoms with Crippen LogP contribution in [0.25, 0.3) is 11.1 Å². The Morgan fingerprint density at radius 1 is 1.22 bits per heavy atom. The maximum atomic E-state index is 5.94. The molecular weight excluding hydrogens is 284 g/mol. The molecule has 2 aromatic rings. The number of aryl methyl sites for hydroxylation is 1. The van der Waals surface area contributed by atoms with Crippen LogP contribution in [0.15, 0.2) is 30.5 Å². The van der Waals surface area contributed by atoms with Gasteiger partial charge in [-0.05, 0) is 49.4 Å². The van der Waals surface area contributed by atoms with Crippen molar-refractivity contribution in [3.8, 4) is 16.9 Å². The Labute approximate surface area is 139 Å². The summed E-state index contributed by atoms with van der Waals surface area (Å²) < 4.78 is 5.94. The first kappa shape index (κ1) is 15.9. The molecule has 3 heteroatoms. The minimum atomic E-state index is 0.738. The molecule has 1 aromatic carbocycles. The molecule has 0 aliphatic carbocycles. The number of nitrogens with zero attached hydrogens (tertiary/aromatic N) is 2. The fraction of sp³-hybridized carbons (Fsp3) is 0.450. The predicted octanol–water partition coefficient (Wildman–Crippen LogP) is 4.82. The number of hydrogen-bond acceptors (Lipinski definition) is 3. The number of anilines is 1. The van der Waals surface area contributed by atoms with Gasteiger partial charge in [-0.1, -0.05) is 13.8 Å². The normalized spacial score (nSPS) is 13.0. The van der Waals surface area contributed by atoms with Gasteiger partial charge in [0.25, 0.3) is 0 Å². The van der Waals surface area contributed by atoms with Gasteiger partial charge in [0.1, 0.15) is 5.75 Å². The van der Waals surface area contributed by atoms with Crippen molar-refractivity contribution >= 4 is 5.69 Å². The molecular formula is C20H26N2O. The van der Waals surface area contributed by atoms with Crippen molar-refractivity contribution in [2.75, 3.05) is 18.6 Å². The molecule has 0 bridgehead atoms.